The van der Waals surface area contributed by atoms with Gasteiger partial charge in [-0.15, -0.1) is 0 Å². The molecular formula is C27H17F3N4O. The predicted octanol–water partition coefficient (Wildman–Crippen LogP) is 6.56. The van der Waals surface area contributed by atoms with E-state index < -0.39 is 17.8 Å². The number of anilines is 1. The van der Waals surface area contributed by atoms with E-state index in [-0.39, 0.29) is 22.3 Å². The van der Waals surface area contributed by atoms with Gasteiger partial charge >= 0.3 is 6.18 Å². The van der Waals surface area contributed by atoms with Crippen LogP contribution in [0.1, 0.15) is 16.1 Å². The fourth-order valence-electron chi connectivity index (χ4n) is 4.09. The fraction of sp³-hybridized carbons (Fsp3) is 0.0370. The Kier molecular flexibility index (Phi) is 5.28. The van der Waals surface area contributed by atoms with Crippen molar-refractivity contribution in [1.82, 2.24) is 9.97 Å². The highest BCUT2D eigenvalue weighted by Gasteiger charge is 2.34. The van der Waals surface area contributed by atoms with Gasteiger partial charge in [-0.1, -0.05) is 42.5 Å². The molecule has 2 N–H and O–H groups in total. The topological polar surface area (TPSA) is 81.2 Å². The Hall–Kier alpha value is -4.59. The first-order valence-corrected chi connectivity index (χ1v) is 10.5. The average molecular weight is 470 g/mol. The maximum Gasteiger partial charge on any atom is 0.433 e. The number of aliphatic imine (C=N–C) groups is 1. The molecule has 5 aromatic rings. The number of hydrogen-bond donors (Lipinski definition) is 1. The zero-order chi connectivity index (χ0) is 24.7. The van der Waals surface area contributed by atoms with Crippen LogP contribution in [0.4, 0.5) is 18.9 Å². The van der Waals surface area contributed by atoms with Crippen molar-refractivity contribution in [2.75, 3.05) is 5.73 Å². The molecule has 8 heteroatoms. The summed E-state index contributed by atoms with van der Waals surface area (Å²) in [5.41, 5.74) is 8.02. The van der Waals surface area contributed by atoms with E-state index in [0.29, 0.717) is 22.1 Å². The van der Waals surface area contributed by atoms with Crippen LogP contribution in [0.25, 0.3) is 44.1 Å². The molecule has 2 aromatic heterocycles. The molecule has 0 radical (unpaired) electrons. The van der Waals surface area contributed by atoms with Gasteiger partial charge in [0.2, 0.25) is 0 Å². The minimum atomic E-state index is -4.67. The summed E-state index contributed by atoms with van der Waals surface area (Å²) in [6.45, 7) is 3.20. The Bertz CT molecular complexity index is 1640. The molecule has 172 valence electrons. The van der Waals surface area contributed by atoms with Crippen molar-refractivity contribution in [3.8, 4) is 22.3 Å². The number of nitrogens with zero attached hydrogens (tertiary/aromatic N) is 3. The van der Waals surface area contributed by atoms with Crippen LogP contribution in [0.3, 0.4) is 0 Å². The number of amides is 1. The van der Waals surface area contributed by atoms with Crippen molar-refractivity contribution in [2.24, 2.45) is 4.99 Å². The number of hydrogen-bond acceptors (Lipinski definition) is 4. The lowest BCUT2D eigenvalue weighted by molar-refractivity contribution is -0.140. The van der Waals surface area contributed by atoms with E-state index in [4.69, 9.17) is 5.73 Å². The first-order valence-electron chi connectivity index (χ1n) is 10.5. The Morgan fingerprint density at radius 1 is 0.914 bits per heavy atom. The number of rotatable bonds is 3. The highest BCUT2D eigenvalue weighted by molar-refractivity contribution is 6.05. The molecule has 0 aliphatic heterocycles. The molecule has 0 bridgehead atoms. The first-order chi connectivity index (χ1) is 16.8. The largest absolute Gasteiger partial charge is 0.433 e. The van der Waals surface area contributed by atoms with Crippen molar-refractivity contribution in [3.05, 3.63) is 90.3 Å². The van der Waals surface area contributed by atoms with Crippen LogP contribution in [-0.2, 0) is 6.18 Å². The van der Waals surface area contributed by atoms with Gasteiger partial charge in [0, 0.05) is 33.8 Å². The number of carbonyl (C=O) groups is 1. The van der Waals surface area contributed by atoms with E-state index >= 15 is 0 Å². The van der Waals surface area contributed by atoms with E-state index in [1.54, 1.807) is 24.4 Å². The van der Waals surface area contributed by atoms with E-state index in [9.17, 15) is 18.0 Å². The van der Waals surface area contributed by atoms with Crippen molar-refractivity contribution in [2.45, 2.75) is 6.18 Å². The molecule has 0 saturated heterocycles. The molecule has 35 heavy (non-hydrogen) atoms. The number of nitrogen functional groups attached to an aromatic ring is 1. The van der Waals surface area contributed by atoms with Crippen LogP contribution in [-0.4, -0.2) is 22.6 Å². The molecule has 1 amide bonds. The number of aromatic nitrogens is 2. The molecule has 0 spiro atoms. The smallest absolute Gasteiger partial charge is 0.398 e. The molecule has 0 aliphatic carbocycles. The zero-order valence-electron chi connectivity index (χ0n) is 18.2. The molecule has 0 unspecified atom stereocenters. The Morgan fingerprint density at radius 2 is 1.71 bits per heavy atom. The van der Waals surface area contributed by atoms with Gasteiger partial charge in [-0.2, -0.15) is 13.2 Å². The summed E-state index contributed by atoms with van der Waals surface area (Å²) < 4.78 is 41.7. The highest BCUT2D eigenvalue weighted by Crippen LogP contribution is 2.39. The third kappa shape index (κ3) is 3.99. The standard InChI is InChI=1S/C27H17F3N4O/c1-32-26(35)20-10-9-15(12-22(20)31)21-13-24(27(28,29)30)34-25-18(6-4-7-19(21)25)17-11-16-5-2-3-8-23(16)33-14-17/h2-14H,1,31H2. The molecule has 5 rings (SSSR count). The number of para-hydroxylation sites is 2. The summed E-state index contributed by atoms with van der Waals surface area (Å²) in [5.74, 6) is -0.615. The van der Waals surface area contributed by atoms with E-state index in [0.717, 1.165) is 17.0 Å². The van der Waals surface area contributed by atoms with Crippen LogP contribution in [0, 0.1) is 0 Å². The summed E-state index contributed by atoms with van der Waals surface area (Å²) >= 11 is 0. The van der Waals surface area contributed by atoms with Crippen LogP contribution in [0.15, 0.2) is 84.0 Å². The maximum atomic E-state index is 13.9. The normalized spacial score (nSPS) is 11.6. The maximum absolute atomic E-state index is 13.9. The lowest BCUT2D eigenvalue weighted by Crippen LogP contribution is -2.09. The van der Waals surface area contributed by atoms with Crippen molar-refractivity contribution >= 4 is 40.1 Å². The fourth-order valence-corrected chi connectivity index (χ4v) is 4.09. The predicted molar refractivity (Wildman–Crippen MR) is 131 cm³/mol. The van der Waals surface area contributed by atoms with Crippen molar-refractivity contribution in [1.29, 1.82) is 0 Å². The Balaban J connectivity index is 1.78. The van der Waals surface area contributed by atoms with Crippen LogP contribution in [0.5, 0.6) is 0 Å². The van der Waals surface area contributed by atoms with E-state index in [2.05, 4.69) is 21.7 Å². The van der Waals surface area contributed by atoms with Gasteiger partial charge in [0.05, 0.1) is 16.6 Å². The average Bonchev–Trinajstić information content (AvgIpc) is 2.86. The first kappa shape index (κ1) is 22.2. The summed E-state index contributed by atoms with van der Waals surface area (Å²) in [6.07, 6.45) is -3.05. The number of carbonyl (C=O) groups excluding carboxylic acids is 1. The molecule has 0 atom stereocenters. The summed E-state index contributed by atoms with van der Waals surface area (Å²) in [4.78, 5) is 23.7. The second kappa shape index (κ2) is 8.32. The Morgan fingerprint density at radius 3 is 2.46 bits per heavy atom. The Labute approximate surface area is 197 Å². The van der Waals surface area contributed by atoms with Gasteiger partial charge < -0.3 is 5.73 Å². The molecule has 0 saturated carbocycles. The monoisotopic (exact) mass is 470 g/mol. The molecule has 5 nitrogen and oxygen atoms in total. The number of pyridine rings is 2. The third-order valence-corrected chi connectivity index (χ3v) is 5.77. The summed E-state index contributed by atoms with van der Waals surface area (Å²) in [7, 11) is 0. The third-order valence-electron chi connectivity index (χ3n) is 5.77. The minimum absolute atomic E-state index is 0.0910. The minimum Gasteiger partial charge on any atom is -0.398 e. The van der Waals surface area contributed by atoms with Crippen molar-refractivity contribution < 1.29 is 18.0 Å². The second-order valence-electron chi connectivity index (χ2n) is 7.94. The molecular weight excluding hydrogens is 453 g/mol. The molecule has 2 heterocycles. The highest BCUT2D eigenvalue weighted by atomic mass is 19.4. The SMILES string of the molecule is C=NC(=O)c1ccc(-c2cc(C(F)(F)F)nc3c(-c4cnc5ccccc5c4)cccc23)cc1N. The van der Waals surface area contributed by atoms with Crippen LogP contribution < -0.4 is 5.73 Å². The quantitative estimate of drug-likeness (QED) is 0.239. The van der Waals surface area contributed by atoms with Gasteiger partial charge in [0.1, 0.15) is 5.69 Å². The van der Waals surface area contributed by atoms with Crippen LogP contribution >= 0.6 is 0 Å². The van der Waals surface area contributed by atoms with Gasteiger partial charge in [0.25, 0.3) is 5.91 Å². The van der Waals surface area contributed by atoms with Gasteiger partial charge in [-0.25, -0.2) is 9.98 Å². The molecule has 3 aromatic carbocycles. The van der Waals surface area contributed by atoms with Gasteiger partial charge in [-0.05, 0) is 48.2 Å². The lowest BCUT2D eigenvalue weighted by Gasteiger charge is -2.15. The number of fused-ring (bicyclic) bond motifs is 2. The van der Waals surface area contributed by atoms with Gasteiger partial charge in [0.15, 0.2) is 0 Å². The van der Waals surface area contributed by atoms with E-state index in [1.807, 2.05) is 30.3 Å². The van der Waals surface area contributed by atoms with Crippen molar-refractivity contribution in [3.63, 3.8) is 0 Å². The summed E-state index contributed by atoms with van der Waals surface area (Å²) in [6, 6.07) is 20.0. The molecule has 0 fully saturated rings. The van der Waals surface area contributed by atoms with Crippen LogP contribution in [0.2, 0.25) is 0 Å². The van der Waals surface area contributed by atoms with E-state index in [1.165, 1.54) is 18.2 Å². The molecule has 0 aliphatic rings. The number of alkyl halides is 3. The number of nitrogens with two attached hydrogens (primary N) is 1. The second-order valence-corrected chi connectivity index (χ2v) is 7.94. The lowest BCUT2D eigenvalue weighted by atomic mass is 9.94. The number of benzene rings is 3. The summed E-state index contributed by atoms with van der Waals surface area (Å²) in [5, 5.41) is 1.36. The number of halogens is 3. The van der Waals surface area contributed by atoms with Gasteiger partial charge in [-0.3, -0.25) is 9.78 Å². The zero-order valence-corrected chi connectivity index (χ0v) is 18.2.